The molecule has 2 aliphatic rings. The quantitative estimate of drug-likeness (QED) is 0.874. The number of thiophene rings is 1. The van der Waals surface area contributed by atoms with E-state index >= 15 is 0 Å². The number of nitrogens with zero attached hydrogens (tertiary/aromatic N) is 1. The fraction of sp³-hybridized carbons (Fsp3) is 0.636. The molecule has 0 saturated carbocycles. The van der Waals surface area contributed by atoms with Crippen LogP contribution in [-0.2, 0) is 16.4 Å². The van der Waals surface area contributed by atoms with E-state index in [0.717, 1.165) is 19.6 Å². The molecule has 3 heterocycles. The van der Waals surface area contributed by atoms with Crippen LogP contribution >= 0.6 is 36.2 Å². The third-order valence-corrected chi connectivity index (χ3v) is 6.11. The molecule has 0 unspecified atom stereocenters. The summed E-state index contributed by atoms with van der Waals surface area (Å²) in [6.45, 7) is 2.71. The second kappa shape index (κ2) is 6.74. The maximum atomic E-state index is 11.7. The summed E-state index contributed by atoms with van der Waals surface area (Å²) < 4.78 is 23.4. The Labute approximate surface area is 130 Å². The third kappa shape index (κ3) is 3.83. The van der Waals surface area contributed by atoms with E-state index in [1.54, 1.807) is 11.3 Å². The molecule has 0 spiro atoms. The summed E-state index contributed by atoms with van der Waals surface area (Å²) in [4.78, 5) is 3.63. The van der Waals surface area contributed by atoms with Gasteiger partial charge in [0.1, 0.15) is 0 Å². The van der Waals surface area contributed by atoms with E-state index in [4.69, 9.17) is 0 Å². The lowest BCUT2D eigenvalue weighted by Crippen LogP contribution is -2.56. The Kier molecular flexibility index (Phi) is 6.10. The van der Waals surface area contributed by atoms with Crippen LogP contribution in [0, 0.1) is 0 Å². The van der Waals surface area contributed by atoms with Crippen molar-refractivity contribution in [3.8, 4) is 0 Å². The molecule has 2 aliphatic heterocycles. The maximum Gasteiger partial charge on any atom is 0.153 e. The van der Waals surface area contributed by atoms with E-state index in [9.17, 15) is 8.42 Å². The highest BCUT2D eigenvalue weighted by Crippen LogP contribution is 2.24. The number of rotatable bonds is 2. The van der Waals surface area contributed by atoms with E-state index in [1.807, 2.05) is 6.07 Å². The minimum absolute atomic E-state index is 0. The topological polar surface area (TPSA) is 49.4 Å². The molecular formula is C11H18Cl2N2O2S2. The molecule has 0 aliphatic carbocycles. The number of nitrogens with one attached hydrogen (secondary N) is 1. The SMILES string of the molecule is Cl.Cl.O=S1(=O)C[C@@H]2NCCN(Cc3cccs3)[C@@H]2C1. The van der Waals surface area contributed by atoms with Crippen molar-refractivity contribution in [1.29, 1.82) is 0 Å². The first-order valence-electron chi connectivity index (χ1n) is 5.84. The number of sulfone groups is 1. The minimum Gasteiger partial charge on any atom is -0.310 e. The first-order chi connectivity index (χ1) is 8.14. The summed E-state index contributed by atoms with van der Waals surface area (Å²) >= 11 is 1.74. The van der Waals surface area contributed by atoms with E-state index in [2.05, 4.69) is 21.7 Å². The predicted molar refractivity (Wildman–Crippen MR) is 83.5 cm³/mol. The van der Waals surface area contributed by atoms with Gasteiger partial charge in [0, 0.05) is 36.6 Å². The molecule has 0 bridgehead atoms. The average molecular weight is 345 g/mol. The summed E-state index contributed by atoms with van der Waals surface area (Å²) in [5.74, 6) is 0.620. The number of halogens is 2. The zero-order valence-corrected chi connectivity index (χ0v) is 13.6. The average Bonchev–Trinajstić information content (AvgIpc) is 2.84. The molecule has 110 valence electrons. The molecule has 2 saturated heterocycles. The van der Waals surface area contributed by atoms with Gasteiger partial charge in [0.05, 0.1) is 11.5 Å². The summed E-state index contributed by atoms with van der Waals surface area (Å²) in [7, 11) is -2.84. The Hall–Kier alpha value is 0.150. The van der Waals surface area contributed by atoms with Crippen molar-refractivity contribution < 1.29 is 8.42 Å². The Morgan fingerprint density at radius 1 is 1.37 bits per heavy atom. The molecular weight excluding hydrogens is 327 g/mol. The first-order valence-corrected chi connectivity index (χ1v) is 8.54. The summed E-state index contributed by atoms with van der Waals surface area (Å²) in [5.41, 5.74) is 0. The van der Waals surface area contributed by atoms with Gasteiger partial charge in [0.2, 0.25) is 0 Å². The van der Waals surface area contributed by atoms with Gasteiger partial charge in [-0.2, -0.15) is 0 Å². The molecule has 3 rings (SSSR count). The molecule has 0 aromatic carbocycles. The van der Waals surface area contributed by atoms with Gasteiger partial charge < -0.3 is 5.32 Å². The third-order valence-electron chi connectivity index (χ3n) is 3.54. The van der Waals surface area contributed by atoms with E-state index < -0.39 is 9.84 Å². The zero-order chi connectivity index (χ0) is 11.9. The molecule has 0 amide bonds. The van der Waals surface area contributed by atoms with Crippen LogP contribution in [0.3, 0.4) is 0 Å². The van der Waals surface area contributed by atoms with Crippen molar-refractivity contribution >= 4 is 46.0 Å². The first kappa shape index (κ1) is 17.2. The summed E-state index contributed by atoms with van der Waals surface area (Å²) in [6, 6.07) is 4.46. The van der Waals surface area contributed by atoms with Crippen LogP contribution in [0.2, 0.25) is 0 Å². The zero-order valence-electron chi connectivity index (χ0n) is 10.3. The second-order valence-electron chi connectivity index (χ2n) is 4.75. The Morgan fingerprint density at radius 3 is 2.84 bits per heavy atom. The van der Waals surface area contributed by atoms with Crippen molar-refractivity contribution in [2.24, 2.45) is 0 Å². The number of hydrogen-bond donors (Lipinski definition) is 1. The molecule has 4 nitrogen and oxygen atoms in total. The fourth-order valence-electron chi connectivity index (χ4n) is 2.74. The summed E-state index contributed by atoms with van der Waals surface area (Å²) in [6.07, 6.45) is 0. The lowest BCUT2D eigenvalue weighted by atomic mass is 10.1. The number of fused-ring (bicyclic) bond motifs is 1. The van der Waals surface area contributed by atoms with Crippen LogP contribution in [0.5, 0.6) is 0 Å². The molecule has 1 aromatic rings. The monoisotopic (exact) mass is 344 g/mol. The van der Waals surface area contributed by atoms with Gasteiger partial charge in [-0.1, -0.05) is 6.07 Å². The Morgan fingerprint density at radius 2 is 2.16 bits per heavy atom. The van der Waals surface area contributed by atoms with Gasteiger partial charge in [-0.05, 0) is 11.4 Å². The van der Waals surface area contributed by atoms with Crippen LogP contribution < -0.4 is 5.32 Å². The lowest BCUT2D eigenvalue weighted by Gasteiger charge is -2.37. The van der Waals surface area contributed by atoms with Crippen molar-refractivity contribution in [3.05, 3.63) is 22.4 Å². The van der Waals surface area contributed by atoms with Gasteiger partial charge in [-0.25, -0.2) is 8.42 Å². The van der Waals surface area contributed by atoms with Crippen LogP contribution in [0.4, 0.5) is 0 Å². The molecule has 8 heteroatoms. The second-order valence-corrected chi connectivity index (χ2v) is 7.94. The van der Waals surface area contributed by atoms with Crippen LogP contribution in [0.15, 0.2) is 17.5 Å². The van der Waals surface area contributed by atoms with E-state index in [1.165, 1.54) is 4.88 Å². The van der Waals surface area contributed by atoms with Crippen LogP contribution in [0.25, 0.3) is 0 Å². The predicted octanol–water partition coefficient (Wildman–Crippen LogP) is 1.16. The molecule has 1 N–H and O–H groups in total. The van der Waals surface area contributed by atoms with E-state index in [-0.39, 0.29) is 36.9 Å². The molecule has 2 atom stereocenters. The Balaban J connectivity index is 0.000000902. The normalized spacial score (nSPS) is 29.1. The van der Waals surface area contributed by atoms with Crippen molar-refractivity contribution in [2.75, 3.05) is 24.6 Å². The lowest BCUT2D eigenvalue weighted by molar-refractivity contribution is 0.142. The van der Waals surface area contributed by atoms with Gasteiger partial charge >= 0.3 is 0 Å². The van der Waals surface area contributed by atoms with Crippen molar-refractivity contribution in [2.45, 2.75) is 18.6 Å². The number of piperazine rings is 1. The number of hydrogen-bond acceptors (Lipinski definition) is 5. The van der Waals surface area contributed by atoms with Gasteiger partial charge in [-0.15, -0.1) is 36.2 Å². The van der Waals surface area contributed by atoms with Gasteiger partial charge in [0.15, 0.2) is 9.84 Å². The van der Waals surface area contributed by atoms with Crippen LogP contribution in [-0.4, -0.2) is 50.0 Å². The highest BCUT2D eigenvalue weighted by molar-refractivity contribution is 7.91. The Bertz CT molecular complexity index is 493. The highest BCUT2D eigenvalue weighted by Gasteiger charge is 2.42. The fourth-order valence-corrected chi connectivity index (χ4v) is 5.46. The van der Waals surface area contributed by atoms with Crippen molar-refractivity contribution in [3.63, 3.8) is 0 Å². The van der Waals surface area contributed by atoms with Gasteiger partial charge in [-0.3, -0.25) is 4.90 Å². The standard InChI is InChI=1S/C11H16N2O2S2.2ClH/c14-17(15)7-10-11(8-17)13(4-3-12-10)6-9-2-1-5-16-9;;/h1-2,5,10-12H,3-4,6-8H2;2*1H/t10-,11+;;/m0../s1. The molecule has 0 radical (unpaired) electrons. The van der Waals surface area contributed by atoms with Crippen molar-refractivity contribution in [1.82, 2.24) is 10.2 Å². The largest absolute Gasteiger partial charge is 0.310 e. The van der Waals surface area contributed by atoms with E-state index in [0.29, 0.717) is 11.5 Å². The minimum atomic E-state index is -2.84. The highest BCUT2D eigenvalue weighted by atomic mass is 35.5. The molecule has 1 aromatic heterocycles. The van der Waals surface area contributed by atoms with Gasteiger partial charge in [0.25, 0.3) is 0 Å². The summed E-state index contributed by atoms with van der Waals surface area (Å²) in [5, 5.41) is 5.40. The van der Waals surface area contributed by atoms with Crippen LogP contribution in [0.1, 0.15) is 4.88 Å². The molecule has 2 fully saturated rings. The maximum absolute atomic E-state index is 11.7. The molecule has 19 heavy (non-hydrogen) atoms. The smallest absolute Gasteiger partial charge is 0.153 e.